The fraction of sp³-hybridized carbons (Fsp3) is 0.857. The highest BCUT2D eigenvalue weighted by molar-refractivity contribution is 7.85. The quantitative estimate of drug-likeness (QED) is 0.310. The van der Waals surface area contributed by atoms with Crippen LogP contribution in [0.15, 0.2) is 0 Å². The van der Waals surface area contributed by atoms with Crippen molar-refractivity contribution in [3.8, 4) is 0 Å². The molecule has 0 aliphatic heterocycles. The van der Waals surface area contributed by atoms with Crippen LogP contribution in [0.3, 0.4) is 0 Å². The van der Waals surface area contributed by atoms with Crippen LogP contribution in [-0.4, -0.2) is 49.2 Å². The Hall–Kier alpha value is -0.990. The zero-order valence-electron chi connectivity index (χ0n) is 12.7. The summed E-state index contributed by atoms with van der Waals surface area (Å²) >= 11 is 0. The molecule has 0 amide bonds. The minimum atomic E-state index is -3.97. The molecule has 0 aromatic heterocycles. The summed E-state index contributed by atoms with van der Waals surface area (Å²) in [6.45, 7) is 0.690. The number of carbonyl (C=O) groups is 2. The van der Waals surface area contributed by atoms with Crippen molar-refractivity contribution in [2.24, 2.45) is 11.3 Å². The van der Waals surface area contributed by atoms with Gasteiger partial charge in [0.15, 0.2) is 0 Å². The molecule has 0 aromatic carbocycles. The summed E-state index contributed by atoms with van der Waals surface area (Å²) in [5, 5.41) is 12.1. The van der Waals surface area contributed by atoms with Crippen LogP contribution in [0.4, 0.5) is 0 Å². The van der Waals surface area contributed by atoms with Gasteiger partial charge in [-0.25, -0.2) is 0 Å². The molecule has 1 unspecified atom stereocenters. The molecular formula is C14H25NO6S. The normalized spacial score (nSPS) is 19.5. The highest BCUT2D eigenvalue weighted by Crippen LogP contribution is 2.44. The third kappa shape index (κ3) is 6.41. The van der Waals surface area contributed by atoms with E-state index in [1.807, 2.05) is 0 Å². The lowest BCUT2D eigenvalue weighted by Gasteiger charge is -2.40. The molecule has 22 heavy (non-hydrogen) atoms. The van der Waals surface area contributed by atoms with E-state index in [2.05, 4.69) is 5.32 Å². The molecule has 0 radical (unpaired) electrons. The van der Waals surface area contributed by atoms with Crippen LogP contribution < -0.4 is 5.32 Å². The number of carbonyl (C=O) groups excluding carboxylic acids is 1. The number of carboxylic acids is 1. The molecule has 8 heteroatoms. The number of hydrogen-bond donors (Lipinski definition) is 3. The number of aliphatic carboxylic acids is 1. The van der Waals surface area contributed by atoms with Crippen LogP contribution >= 0.6 is 0 Å². The summed E-state index contributed by atoms with van der Waals surface area (Å²) in [6.07, 6.45) is 5.45. The molecule has 0 spiro atoms. The fourth-order valence-corrected chi connectivity index (χ4v) is 3.79. The maximum atomic E-state index is 11.4. The number of aldehydes is 1. The summed E-state index contributed by atoms with van der Waals surface area (Å²) in [5.41, 5.74) is -0.498. The molecule has 1 aliphatic carbocycles. The average molecular weight is 335 g/mol. The van der Waals surface area contributed by atoms with Gasteiger partial charge in [-0.15, -0.1) is 0 Å². The van der Waals surface area contributed by atoms with E-state index in [0.717, 1.165) is 38.4 Å². The maximum absolute atomic E-state index is 11.4. The summed E-state index contributed by atoms with van der Waals surface area (Å²) in [4.78, 5) is 22.6. The lowest BCUT2D eigenvalue weighted by atomic mass is 9.64. The summed E-state index contributed by atoms with van der Waals surface area (Å²) in [5.74, 6) is -1.61. The summed E-state index contributed by atoms with van der Waals surface area (Å²) < 4.78 is 29.9. The van der Waals surface area contributed by atoms with Crippen molar-refractivity contribution in [1.82, 2.24) is 5.32 Å². The van der Waals surface area contributed by atoms with Crippen molar-refractivity contribution in [3.05, 3.63) is 0 Å². The zero-order valence-corrected chi connectivity index (χ0v) is 13.5. The standard InChI is InChI=1S/C14H25NO6S/c16-11-12(10-15-7-4-8-22(19,20)21)14(9-13(17)18)5-2-1-3-6-14/h11-12,15H,1-10H2,(H,17,18)(H,19,20,21). The second-order valence-corrected chi connectivity index (χ2v) is 7.65. The molecule has 1 fully saturated rings. The Morgan fingerprint density at radius 2 is 1.91 bits per heavy atom. The first-order chi connectivity index (χ1) is 10.3. The number of carboxylic acid groups (broad SMARTS) is 1. The van der Waals surface area contributed by atoms with E-state index in [0.29, 0.717) is 13.1 Å². The van der Waals surface area contributed by atoms with E-state index in [-0.39, 0.29) is 18.6 Å². The molecule has 1 atom stereocenters. The van der Waals surface area contributed by atoms with Gasteiger partial charge in [0.05, 0.1) is 12.2 Å². The molecule has 1 aliphatic rings. The van der Waals surface area contributed by atoms with E-state index in [1.54, 1.807) is 0 Å². The minimum Gasteiger partial charge on any atom is -0.481 e. The van der Waals surface area contributed by atoms with Gasteiger partial charge in [-0.2, -0.15) is 8.42 Å². The lowest BCUT2D eigenvalue weighted by Crippen LogP contribution is -2.42. The van der Waals surface area contributed by atoms with E-state index in [1.165, 1.54) is 0 Å². The topological polar surface area (TPSA) is 121 Å². The van der Waals surface area contributed by atoms with Crippen LogP contribution in [0.2, 0.25) is 0 Å². The fourth-order valence-electron chi connectivity index (χ4n) is 3.28. The van der Waals surface area contributed by atoms with Crippen molar-refractivity contribution >= 4 is 22.4 Å². The third-order valence-electron chi connectivity index (χ3n) is 4.42. The molecule has 3 N–H and O–H groups in total. The van der Waals surface area contributed by atoms with Gasteiger partial charge < -0.3 is 15.2 Å². The summed E-state index contributed by atoms with van der Waals surface area (Å²) in [7, 11) is -3.97. The first kappa shape index (κ1) is 19.1. The molecule has 0 aromatic rings. The molecule has 1 saturated carbocycles. The van der Waals surface area contributed by atoms with Crippen molar-refractivity contribution in [2.75, 3.05) is 18.8 Å². The van der Waals surface area contributed by atoms with Gasteiger partial charge >= 0.3 is 5.97 Å². The van der Waals surface area contributed by atoms with E-state index < -0.39 is 27.4 Å². The Bertz CT molecular complexity index is 470. The second-order valence-electron chi connectivity index (χ2n) is 6.08. The van der Waals surface area contributed by atoms with Gasteiger partial charge in [0, 0.05) is 12.5 Å². The van der Waals surface area contributed by atoms with Gasteiger partial charge in [-0.05, 0) is 31.2 Å². The molecule has 0 bridgehead atoms. The van der Waals surface area contributed by atoms with E-state index in [4.69, 9.17) is 9.66 Å². The monoisotopic (exact) mass is 335 g/mol. The smallest absolute Gasteiger partial charge is 0.303 e. The average Bonchev–Trinajstić information content (AvgIpc) is 2.41. The van der Waals surface area contributed by atoms with Gasteiger partial charge in [-0.1, -0.05) is 19.3 Å². The highest BCUT2D eigenvalue weighted by atomic mass is 32.2. The van der Waals surface area contributed by atoms with Crippen molar-refractivity contribution in [1.29, 1.82) is 0 Å². The zero-order chi connectivity index (χ0) is 16.6. The van der Waals surface area contributed by atoms with Crippen molar-refractivity contribution in [2.45, 2.75) is 44.9 Å². The van der Waals surface area contributed by atoms with E-state index in [9.17, 15) is 18.0 Å². The van der Waals surface area contributed by atoms with Crippen molar-refractivity contribution < 1.29 is 27.7 Å². The van der Waals surface area contributed by atoms with E-state index >= 15 is 0 Å². The first-order valence-electron chi connectivity index (χ1n) is 7.62. The van der Waals surface area contributed by atoms with Crippen LogP contribution in [-0.2, 0) is 19.7 Å². The Kier molecular flexibility index (Phi) is 7.44. The first-order valence-corrected chi connectivity index (χ1v) is 9.23. The van der Waals surface area contributed by atoms with Gasteiger partial charge in [0.25, 0.3) is 10.1 Å². The molecule has 0 saturated heterocycles. The Balaban J connectivity index is 2.55. The third-order valence-corrected chi connectivity index (χ3v) is 5.23. The maximum Gasteiger partial charge on any atom is 0.303 e. The molecule has 7 nitrogen and oxygen atoms in total. The molecule has 1 rings (SSSR count). The van der Waals surface area contributed by atoms with Gasteiger partial charge in [0.2, 0.25) is 0 Å². The number of rotatable bonds is 10. The lowest BCUT2D eigenvalue weighted by molar-refractivity contribution is -0.142. The molecule has 0 heterocycles. The Morgan fingerprint density at radius 3 is 2.41 bits per heavy atom. The van der Waals surface area contributed by atoms with Crippen LogP contribution in [0, 0.1) is 11.3 Å². The minimum absolute atomic E-state index is 0.0108. The number of hydrogen-bond acceptors (Lipinski definition) is 5. The van der Waals surface area contributed by atoms with Crippen molar-refractivity contribution in [3.63, 3.8) is 0 Å². The van der Waals surface area contributed by atoms with Crippen LogP contribution in [0.25, 0.3) is 0 Å². The van der Waals surface area contributed by atoms with Crippen LogP contribution in [0.5, 0.6) is 0 Å². The predicted molar refractivity (Wildman–Crippen MR) is 81.2 cm³/mol. The Labute approximate surface area is 131 Å². The molecular weight excluding hydrogens is 310 g/mol. The molecule has 128 valence electrons. The summed E-state index contributed by atoms with van der Waals surface area (Å²) in [6, 6.07) is 0. The van der Waals surface area contributed by atoms with Crippen LogP contribution in [0.1, 0.15) is 44.9 Å². The second kappa shape index (κ2) is 8.59. The largest absolute Gasteiger partial charge is 0.481 e. The van der Waals surface area contributed by atoms with Gasteiger partial charge in [-0.3, -0.25) is 9.35 Å². The SMILES string of the molecule is O=CC(CNCCCS(=O)(=O)O)C1(CC(=O)O)CCCCC1. The predicted octanol–water partition coefficient (Wildman–Crippen LogP) is 1.09. The Morgan fingerprint density at radius 1 is 1.27 bits per heavy atom. The highest BCUT2D eigenvalue weighted by Gasteiger charge is 2.41. The van der Waals surface area contributed by atoms with Gasteiger partial charge in [0.1, 0.15) is 6.29 Å². The number of nitrogens with one attached hydrogen (secondary N) is 1.